The fourth-order valence-corrected chi connectivity index (χ4v) is 3.24. The van der Waals surface area contributed by atoms with Crippen molar-refractivity contribution >= 4 is 17.5 Å². The maximum absolute atomic E-state index is 12.4. The van der Waals surface area contributed by atoms with Gasteiger partial charge in [-0.2, -0.15) is 0 Å². The normalized spacial score (nSPS) is 17.3. The average molecular weight is 334 g/mol. The number of carbonyl (C=O) groups is 1. The summed E-state index contributed by atoms with van der Waals surface area (Å²) in [6.07, 6.45) is 0. The van der Waals surface area contributed by atoms with E-state index in [9.17, 15) is 4.79 Å². The van der Waals surface area contributed by atoms with Gasteiger partial charge < -0.3 is 9.42 Å². The molecular formula is C17H20ClN3O2. The molecule has 0 saturated carbocycles. The van der Waals surface area contributed by atoms with Crippen LogP contribution in [0.1, 0.15) is 34.8 Å². The van der Waals surface area contributed by atoms with Gasteiger partial charge in [0.2, 0.25) is 5.76 Å². The van der Waals surface area contributed by atoms with Crippen LogP contribution < -0.4 is 0 Å². The molecule has 0 bridgehead atoms. The predicted octanol–water partition coefficient (Wildman–Crippen LogP) is 3.16. The van der Waals surface area contributed by atoms with Gasteiger partial charge in [-0.25, -0.2) is 0 Å². The first kappa shape index (κ1) is 16.0. The molecular weight excluding hydrogens is 314 g/mol. The molecule has 122 valence electrons. The van der Waals surface area contributed by atoms with Gasteiger partial charge >= 0.3 is 0 Å². The van der Waals surface area contributed by atoms with Crippen LogP contribution in [0.4, 0.5) is 0 Å². The lowest BCUT2D eigenvalue weighted by Crippen LogP contribution is -2.49. The Labute approximate surface area is 140 Å². The molecule has 0 unspecified atom stereocenters. The standard InChI is InChI=1S/C17H20ClN3O2/c1-12-11-16(23-19-12)17(22)21-9-7-20(8-10-21)13(2)14-5-3-4-6-15(14)18/h3-6,11,13H,7-10H2,1-2H3/t13-/m1/s1. The first-order chi connectivity index (χ1) is 11.1. The van der Waals surface area contributed by atoms with E-state index >= 15 is 0 Å². The predicted molar refractivity (Wildman–Crippen MR) is 88.6 cm³/mol. The lowest BCUT2D eigenvalue weighted by molar-refractivity contribution is 0.0544. The molecule has 0 N–H and O–H groups in total. The van der Waals surface area contributed by atoms with Crippen molar-refractivity contribution in [2.45, 2.75) is 19.9 Å². The van der Waals surface area contributed by atoms with Crippen molar-refractivity contribution in [3.8, 4) is 0 Å². The Kier molecular flexibility index (Phi) is 4.68. The lowest BCUT2D eigenvalue weighted by Gasteiger charge is -2.38. The van der Waals surface area contributed by atoms with Crippen LogP contribution in [-0.2, 0) is 0 Å². The van der Waals surface area contributed by atoms with E-state index in [0.29, 0.717) is 18.8 Å². The fraction of sp³-hybridized carbons (Fsp3) is 0.412. The van der Waals surface area contributed by atoms with E-state index in [-0.39, 0.29) is 11.9 Å². The molecule has 2 aromatic rings. The minimum atomic E-state index is -0.0874. The molecule has 0 aliphatic carbocycles. The summed E-state index contributed by atoms with van der Waals surface area (Å²) in [5.74, 6) is 0.228. The summed E-state index contributed by atoms with van der Waals surface area (Å²) >= 11 is 6.29. The quantitative estimate of drug-likeness (QED) is 0.865. The van der Waals surface area contributed by atoms with Crippen molar-refractivity contribution in [2.24, 2.45) is 0 Å². The summed E-state index contributed by atoms with van der Waals surface area (Å²) in [4.78, 5) is 16.5. The fourth-order valence-electron chi connectivity index (χ4n) is 2.94. The molecule has 1 aromatic carbocycles. The second-order valence-corrected chi connectivity index (χ2v) is 6.27. The summed E-state index contributed by atoms with van der Waals surface area (Å²) in [7, 11) is 0. The number of aromatic nitrogens is 1. The van der Waals surface area contributed by atoms with Crippen molar-refractivity contribution < 1.29 is 9.32 Å². The Morgan fingerprint density at radius 2 is 1.96 bits per heavy atom. The average Bonchev–Trinajstić information content (AvgIpc) is 3.01. The molecule has 5 nitrogen and oxygen atoms in total. The van der Waals surface area contributed by atoms with Crippen LogP contribution in [0.3, 0.4) is 0 Å². The topological polar surface area (TPSA) is 49.6 Å². The lowest BCUT2D eigenvalue weighted by atomic mass is 10.1. The van der Waals surface area contributed by atoms with E-state index < -0.39 is 0 Å². The summed E-state index contributed by atoms with van der Waals surface area (Å²) < 4.78 is 5.07. The van der Waals surface area contributed by atoms with Crippen molar-refractivity contribution in [2.75, 3.05) is 26.2 Å². The van der Waals surface area contributed by atoms with Gasteiger partial charge in [-0.1, -0.05) is 35.0 Å². The zero-order valence-electron chi connectivity index (χ0n) is 13.3. The Bertz CT molecular complexity index is 693. The number of hydrogen-bond donors (Lipinski definition) is 0. The van der Waals surface area contributed by atoms with Gasteiger partial charge in [-0.05, 0) is 25.5 Å². The van der Waals surface area contributed by atoms with E-state index in [1.54, 1.807) is 6.07 Å². The van der Waals surface area contributed by atoms with Gasteiger partial charge in [0.15, 0.2) is 0 Å². The van der Waals surface area contributed by atoms with E-state index in [1.807, 2.05) is 30.0 Å². The van der Waals surface area contributed by atoms with E-state index in [4.69, 9.17) is 16.1 Å². The van der Waals surface area contributed by atoms with Gasteiger partial charge in [-0.3, -0.25) is 9.69 Å². The molecule has 1 fully saturated rings. The second kappa shape index (κ2) is 6.72. The Morgan fingerprint density at radius 3 is 2.57 bits per heavy atom. The molecule has 0 radical (unpaired) electrons. The van der Waals surface area contributed by atoms with Crippen LogP contribution in [0.5, 0.6) is 0 Å². The van der Waals surface area contributed by atoms with Crippen LogP contribution >= 0.6 is 11.6 Å². The second-order valence-electron chi connectivity index (χ2n) is 5.86. The number of nitrogens with zero attached hydrogens (tertiary/aromatic N) is 3. The maximum Gasteiger partial charge on any atom is 0.292 e. The number of halogens is 1. The Morgan fingerprint density at radius 1 is 1.26 bits per heavy atom. The third-order valence-electron chi connectivity index (χ3n) is 4.34. The SMILES string of the molecule is Cc1cc(C(=O)N2CCN([C@H](C)c3ccccc3Cl)CC2)on1. The number of carbonyl (C=O) groups excluding carboxylic acids is 1. The largest absolute Gasteiger partial charge is 0.351 e. The Hall–Kier alpha value is -1.85. The molecule has 3 rings (SSSR count). The molecule has 1 aromatic heterocycles. The number of amides is 1. The van der Waals surface area contributed by atoms with Crippen LogP contribution in [0.15, 0.2) is 34.9 Å². The van der Waals surface area contributed by atoms with Crippen molar-refractivity contribution in [3.63, 3.8) is 0 Å². The molecule has 23 heavy (non-hydrogen) atoms. The molecule has 6 heteroatoms. The van der Waals surface area contributed by atoms with Gasteiger partial charge in [-0.15, -0.1) is 0 Å². The number of hydrogen-bond acceptors (Lipinski definition) is 4. The van der Waals surface area contributed by atoms with Crippen molar-refractivity contribution in [3.05, 3.63) is 52.4 Å². The highest BCUT2D eigenvalue weighted by atomic mass is 35.5. The third-order valence-corrected chi connectivity index (χ3v) is 4.69. The first-order valence-corrected chi connectivity index (χ1v) is 8.15. The zero-order valence-corrected chi connectivity index (χ0v) is 14.1. The maximum atomic E-state index is 12.4. The summed E-state index contributed by atoms with van der Waals surface area (Å²) in [6, 6.07) is 9.83. The molecule has 1 amide bonds. The summed E-state index contributed by atoms with van der Waals surface area (Å²) in [5.41, 5.74) is 1.85. The molecule has 0 spiro atoms. The monoisotopic (exact) mass is 333 g/mol. The smallest absolute Gasteiger partial charge is 0.292 e. The number of piperazine rings is 1. The molecule has 2 heterocycles. The highest BCUT2D eigenvalue weighted by molar-refractivity contribution is 6.31. The van der Waals surface area contributed by atoms with Gasteiger partial charge in [0.25, 0.3) is 5.91 Å². The van der Waals surface area contributed by atoms with Crippen LogP contribution in [0.2, 0.25) is 5.02 Å². The molecule has 1 aliphatic heterocycles. The molecule has 1 saturated heterocycles. The highest BCUT2D eigenvalue weighted by Crippen LogP contribution is 2.27. The summed E-state index contributed by atoms with van der Waals surface area (Å²) in [5, 5.41) is 4.57. The number of aryl methyl sites for hydroxylation is 1. The zero-order chi connectivity index (χ0) is 16.4. The van der Waals surface area contributed by atoms with Crippen LogP contribution in [0, 0.1) is 6.92 Å². The highest BCUT2D eigenvalue weighted by Gasteiger charge is 2.27. The Balaban J connectivity index is 1.62. The minimum absolute atomic E-state index is 0.0874. The van der Waals surface area contributed by atoms with Gasteiger partial charge in [0.1, 0.15) is 0 Å². The van der Waals surface area contributed by atoms with E-state index in [1.165, 1.54) is 0 Å². The van der Waals surface area contributed by atoms with Crippen molar-refractivity contribution in [1.82, 2.24) is 15.0 Å². The molecule has 1 atom stereocenters. The van der Waals surface area contributed by atoms with Crippen LogP contribution in [-0.4, -0.2) is 47.0 Å². The van der Waals surface area contributed by atoms with Crippen molar-refractivity contribution in [1.29, 1.82) is 0 Å². The first-order valence-electron chi connectivity index (χ1n) is 7.77. The van der Waals surface area contributed by atoms with E-state index in [2.05, 4.69) is 23.0 Å². The van der Waals surface area contributed by atoms with Gasteiger partial charge in [0, 0.05) is 43.3 Å². The number of benzene rings is 1. The van der Waals surface area contributed by atoms with E-state index in [0.717, 1.165) is 29.4 Å². The molecule has 1 aliphatic rings. The minimum Gasteiger partial charge on any atom is -0.351 e. The third kappa shape index (κ3) is 3.41. The van der Waals surface area contributed by atoms with Crippen LogP contribution in [0.25, 0.3) is 0 Å². The number of rotatable bonds is 3. The van der Waals surface area contributed by atoms with Gasteiger partial charge in [0.05, 0.1) is 5.69 Å². The summed E-state index contributed by atoms with van der Waals surface area (Å²) in [6.45, 7) is 6.93.